The number of carbonyl (C=O) groups is 2. The largest absolute Gasteiger partial charge is 0.274 e. The fourth-order valence-corrected chi connectivity index (χ4v) is 4.77. The summed E-state index contributed by atoms with van der Waals surface area (Å²) in [5, 5.41) is 0.841. The standard InChI is InChI=1S/C19H16Cl2N2O4S/c1-2-11-22(28(26,27)16-9-5-14(21)6-10-16)17-12-18(24)23(19(17)25)15-7-3-13(20)4-8-15/h2-10,17H,1,11-12H2. The van der Waals surface area contributed by atoms with Gasteiger partial charge in [0.15, 0.2) is 0 Å². The molecule has 1 aliphatic heterocycles. The van der Waals surface area contributed by atoms with Gasteiger partial charge in [-0.05, 0) is 48.5 Å². The van der Waals surface area contributed by atoms with Gasteiger partial charge in [-0.1, -0.05) is 29.3 Å². The van der Waals surface area contributed by atoms with Crippen molar-refractivity contribution in [1.29, 1.82) is 0 Å². The minimum Gasteiger partial charge on any atom is -0.274 e. The predicted molar refractivity (Wildman–Crippen MR) is 108 cm³/mol. The van der Waals surface area contributed by atoms with Gasteiger partial charge >= 0.3 is 0 Å². The highest BCUT2D eigenvalue weighted by Crippen LogP contribution is 2.30. The second-order valence-electron chi connectivity index (χ2n) is 6.08. The highest BCUT2D eigenvalue weighted by atomic mass is 35.5. The topological polar surface area (TPSA) is 74.8 Å². The van der Waals surface area contributed by atoms with Gasteiger partial charge in [0.25, 0.3) is 5.91 Å². The minimum atomic E-state index is -4.05. The molecule has 1 atom stereocenters. The van der Waals surface area contributed by atoms with Crippen LogP contribution < -0.4 is 4.90 Å². The van der Waals surface area contributed by atoms with Crippen molar-refractivity contribution in [2.45, 2.75) is 17.4 Å². The van der Waals surface area contributed by atoms with Crippen molar-refractivity contribution in [3.8, 4) is 0 Å². The Kier molecular flexibility index (Phi) is 5.90. The lowest BCUT2D eigenvalue weighted by Crippen LogP contribution is -2.45. The second-order valence-corrected chi connectivity index (χ2v) is 8.84. The number of rotatable bonds is 6. The number of benzene rings is 2. The molecule has 6 nitrogen and oxygen atoms in total. The van der Waals surface area contributed by atoms with E-state index in [9.17, 15) is 18.0 Å². The van der Waals surface area contributed by atoms with Crippen LogP contribution in [-0.2, 0) is 19.6 Å². The van der Waals surface area contributed by atoms with Crippen LogP contribution in [0.5, 0.6) is 0 Å². The molecule has 3 rings (SSSR count). The van der Waals surface area contributed by atoms with Crippen LogP contribution in [0.15, 0.2) is 66.1 Å². The number of anilines is 1. The average molecular weight is 439 g/mol. The van der Waals surface area contributed by atoms with Crippen LogP contribution in [0.3, 0.4) is 0 Å². The smallest absolute Gasteiger partial charge is 0.252 e. The first kappa shape index (κ1) is 20.5. The Bertz CT molecular complexity index is 1020. The third-order valence-electron chi connectivity index (χ3n) is 4.28. The van der Waals surface area contributed by atoms with Crippen molar-refractivity contribution >= 4 is 50.7 Å². The molecule has 1 fully saturated rings. The van der Waals surface area contributed by atoms with E-state index in [0.717, 1.165) is 9.21 Å². The van der Waals surface area contributed by atoms with Crippen LogP contribution in [0.4, 0.5) is 5.69 Å². The van der Waals surface area contributed by atoms with Gasteiger partial charge in [0.05, 0.1) is 17.0 Å². The number of imide groups is 1. The molecule has 0 radical (unpaired) electrons. The Balaban J connectivity index is 1.97. The van der Waals surface area contributed by atoms with E-state index in [-0.39, 0.29) is 17.9 Å². The maximum Gasteiger partial charge on any atom is 0.252 e. The molecule has 0 saturated carbocycles. The first-order valence-corrected chi connectivity index (χ1v) is 10.5. The molecule has 1 aliphatic rings. The van der Waals surface area contributed by atoms with Gasteiger partial charge in [0, 0.05) is 16.6 Å². The molecule has 2 aromatic carbocycles. The number of amides is 2. The molecule has 2 aromatic rings. The van der Waals surface area contributed by atoms with Crippen molar-refractivity contribution in [3.05, 3.63) is 71.2 Å². The zero-order chi connectivity index (χ0) is 20.5. The Morgan fingerprint density at radius 3 is 2.11 bits per heavy atom. The lowest BCUT2D eigenvalue weighted by molar-refractivity contribution is -0.122. The van der Waals surface area contributed by atoms with Crippen LogP contribution in [0, 0.1) is 0 Å². The first-order valence-electron chi connectivity index (χ1n) is 8.26. The molecule has 0 spiro atoms. The summed E-state index contributed by atoms with van der Waals surface area (Å²) in [5.41, 5.74) is 0.337. The van der Waals surface area contributed by atoms with E-state index in [1.54, 1.807) is 12.1 Å². The van der Waals surface area contributed by atoms with Crippen LogP contribution in [0.25, 0.3) is 0 Å². The van der Waals surface area contributed by atoms with Gasteiger partial charge in [-0.25, -0.2) is 13.3 Å². The molecule has 0 N–H and O–H groups in total. The predicted octanol–water partition coefficient (Wildman–Crippen LogP) is 3.50. The summed E-state index contributed by atoms with van der Waals surface area (Å²) < 4.78 is 27.2. The molecule has 1 unspecified atom stereocenters. The van der Waals surface area contributed by atoms with E-state index >= 15 is 0 Å². The van der Waals surface area contributed by atoms with Crippen LogP contribution in [0.1, 0.15) is 6.42 Å². The molecular formula is C19H16Cl2N2O4S. The summed E-state index contributed by atoms with van der Waals surface area (Å²) in [6.45, 7) is 3.45. The zero-order valence-corrected chi connectivity index (χ0v) is 16.9. The van der Waals surface area contributed by atoms with Crippen LogP contribution in [-0.4, -0.2) is 37.1 Å². The van der Waals surface area contributed by atoms with Gasteiger partial charge in [0.2, 0.25) is 15.9 Å². The van der Waals surface area contributed by atoms with Crippen LogP contribution in [0.2, 0.25) is 10.0 Å². The quantitative estimate of drug-likeness (QED) is 0.510. The summed E-state index contributed by atoms with van der Waals surface area (Å²) in [6.07, 6.45) is 1.11. The van der Waals surface area contributed by atoms with Crippen LogP contribution >= 0.6 is 23.2 Å². The monoisotopic (exact) mass is 438 g/mol. The highest BCUT2D eigenvalue weighted by molar-refractivity contribution is 7.89. The number of halogens is 2. The molecule has 28 heavy (non-hydrogen) atoms. The summed E-state index contributed by atoms with van der Waals surface area (Å²) in [7, 11) is -4.05. The van der Waals surface area contributed by atoms with E-state index in [2.05, 4.69) is 6.58 Å². The number of nitrogens with zero attached hydrogens (tertiary/aromatic N) is 2. The molecule has 0 aliphatic carbocycles. The minimum absolute atomic E-state index is 0.0241. The normalized spacial score (nSPS) is 17.4. The lowest BCUT2D eigenvalue weighted by Gasteiger charge is -2.25. The third kappa shape index (κ3) is 3.84. The average Bonchev–Trinajstić information content (AvgIpc) is 2.95. The first-order chi connectivity index (χ1) is 13.3. The van der Waals surface area contributed by atoms with E-state index in [0.29, 0.717) is 15.7 Å². The summed E-state index contributed by atoms with van der Waals surface area (Å²) in [6, 6.07) is 10.6. The Labute approximate surface area is 173 Å². The fraction of sp³-hybridized carbons (Fsp3) is 0.158. The van der Waals surface area contributed by atoms with E-state index in [4.69, 9.17) is 23.2 Å². The maximum absolute atomic E-state index is 13.1. The molecule has 0 bridgehead atoms. The molecule has 9 heteroatoms. The summed E-state index contributed by atoms with van der Waals surface area (Å²) in [5.74, 6) is -1.11. The second kappa shape index (κ2) is 8.05. The van der Waals surface area contributed by atoms with Crippen molar-refractivity contribution in [2.24, 2.45) is 0 Å². The van der Waals surface area contributed by atoms with E-state index in [1.165, 1.54) is 42.5 Å². The third-order valence-corrected chi connectivity index (χ3v) is 6.68. The number of carbonyl (C=O) groups excluding carboxylic acids is 2. The van der Waals surface area contributed by atoms with Crippen molar-refractivity contribution in [2.75, 3.05) is 11.4 Å². The van der Waals surface area contributed by atoms with Gasteiger partial charge in [0.1, 0.15) is 6.04 Å². The van der Waals surface area contributed by atoms with Gasteiger partial charge in [-0.2, -0.15) is 4.31 Å². The summed E-state index contributed by atoms with van der Waals surface area (Å²) in [4.78, 5) is 26.4. The van der Waals surface area contributed by atoms with E-state index < -0.39 is 27.9 Å². The highest BCUT2D eigenvalue weighted by Gasteiger charge is 2.46. The molecule has 146 valence electrons. The zero-order valence-electron chi connectivity index (χ0n) is 14.6. The molecule has 0 aromatic heterocycles. The Hall–Kier alpha value is -2.19. The van der Waals surface area contributed by atoms with Crippen molar-refractivity contribution < 1.29 is 18.0 Å². The molecule has 1 saturated heterocycles. The maximum atomic E-state index is 13.1. The molecule has 1 heterocycles. The summed E-state index contributed by atoms with van der Waals surface area (Å²) >= 11 is 11.7. The SMILES string of the molecule is C=CCN(C1CC(=O)N(c2ccc(Cl)cc2)C1=O)S(=O)(=O)c1ccc(Cl)cc1. The number of sulfonamides is 1. The Morgan fingerprint density at radius 2 is 1.57 bits per heavy atom. The Morgan fingerprint density at radius 1 is 1.04 bits per heavy atom. The van der Waals surface area contributed by atoms with Crippen molar-refractivity contribution in [3.63, 3.8) is 0 Å². The fourth-order valence-electron chi connectivity index (χ4n) is 2.96. The van der Waals surface area contributed by atoms with Gasteiger partial charge < -0.3 is 0 Å². The molecular weight excluding hydrogens is 423 g/mol. The van der Waals surface area contributed by atoms with Gasteiger partial charge in [-0.3, -0.25) is 9.59 Å². The van der Waals surface area contributed by atoms with Crippen molar-refractivity contribution in [1.82, 2.24) is 4.31 Å². The lowest BCUT2D eigenvalue weighted by atomic mass is 10.2. The number of hydrogen-bond donors (Lipinski definition) is 0. The molecule has 2 amide bonds. The number of hydrogen-bond acceptors (Lipinski definition) is 4. The van der Waals surface area contributed by atoms with E-state index in [1.807, 2.05) is 0 Å². The van der Waals surface area contributed by atoms with Gasteiger partial charge in [-0.15, -0.1) is 6.58 Å².